The fraction of sp³-hybridized carbons (Fsp3) is 0.200. The maximum Gasteiger partial charge on any atom is 0.256 e. The van der Waals surface area contributed by atoms with Crippen molar-refractivity contribution in [2.75, 3.05) is 5.32 Å². The molecule has 0 spiro atoms. The van der Waals surface area contributed by atoms with Crippen molar-refractivity contribution in [2.45, 2.75) is 26.8 Å². The zero-order valence-corrected chi connectivity index (χ0v) is 18.5. The summed E-state index contributed by atoms with van der Waals surface area (Å²) in [6.07, 6.45) is 0. The van der Waals surface area contributed by atoms with E-state index in [-0.39, 0.29) is 17.9 Å². The topological polar surface area (TPSA) is 88.9 Å². The van der Waals surface area contributed by atoms with E-state index in [1.54, 1.807) is 42.1 Å². The number of hydrogen-bond acceptors (Lipinski definition) is 4. The number of hydrogen-bond donors (Lipinski definition) is 2. The average Bonchev–Trinajstić information content (AvgIpc) is 3.07. The third kappa shape index (κ3) is 4.09. The highest BCUT2D eigenvalue weighted by Gasteiger charge is 2.20. The number of benzene rings is 2. The Morgan fingerprint density at radius 1 is 0.938 bits per heavy atom. The molecule has 0 aliphatic carbocycles. The van der Waals surface area contributed by atoms with Crippen molar-refractivity contribution in [1.29, 1.82) is 0 Å². The summed E-state index contributed by atoms with van der Waals surface area (Å²) in [5.41, 5.74) is 4.41. The molecule has 1 atom stereocenters. The molecule has 4 aromatic rings. The van der Waals surface area contributed by atoms with Gasteiger partial charge in [-0.25, -0.2) is 4.98 Å². The molecule has 0 bridgehead atoms. The first-order chi connectivity index (χ1) is 15.3. The fourth-order valence-electron chi connectivity index (χ4n) is 3.83. The second-order valence-electron chi connectivity index (χ2n) is 7.82. The number of nitrogens with zero attached hydrogens (tertiary/aromatic N) is 3. The van der Waals surface area contributed by atoms with Crippen LogP contribution in [0, 0.1) is 13.8 Å². The summed E-state index contributed by atoms with van der Waals surface area (Å²) >= 11 is 0. The summed E-state index contributed by atoms with van der Waals surface area (Å²) in [6, 6.07) is 18.3. The summed E-state index contributed by atoms with van der Waals surface area (Å²) in [5.74, 6) is -0.571. The van der Waals surface area contributed by atoms with E-state index in [0.29, 0.717) is 33.5 Å². The highest BCUT2D eigenvalue weighted by Crippen LogP contribution is 2.24. The predicted molar refractivity (Wildman–Crippen MR) is 125 cm³/mol. The van der Waals surface area contributed by atoms with Gasteiger partial charge in [-0.15, -0.1) is 0 Å². The van der Waals surface area contributed by atoms with Crippen LogP contribution < -0.4 is 10.6 Å². The van der Waals surface area contributed by atoms with E-state index in [1.807, 2.05) is 51.1 Å². The minimum Gasteiger partial charge on any atom is -0.345 e. The van der Waals surface area contributed by atoms with Gasteiger partial charge in [-0.05, 0) is 44.5 Å². The maximum absolute atomic E-state index is 13.3. The van der Waals surface area contributed by atoms with Gasteiger partial charge in [0.25, 0.3) is 11.8 Å². The van der Waals surface area contributed by atoms with E-state index in [9.17, 15) is 9.59 Å². The second kappa shape index (κ2) is 8.63. The number of nitrogens with one attached hydrogen (secondary N) is 2. The molecule has 0 saturated heterocycles. The van der Waals surface area contributed by atoms with Crippen molar-refractivity contribution >= 4 is 28.5 Å². The summed E-state index contributed by atoms with van der Waals surface area (Å²) in [4.78, 5) is 30.8. The second-order valence-corrected chi connectivity index (χ2v) is 7.82. The Balaban J connectivity index is 1.62. The lowest BCUT2D eigenvalue weighted by atomic mass is 10.1. The van der Waals surface area contributed by atoms with Gasteiger partial charge < -0.3 is 10.6 Å². The number of carbonyl (C=O) groups is 2. The van der Waals surface area contributed by atoms with E-state index < -0.39 is 0 Å². The summed E-state index contributed by atoms with van der Waals surface area (Å²) in [5, 5.41) is 11.0. The first-order valence-electron chi connectivity index (χ1n) is 10.4. The SMILES string of the molecule is Cc1cc(C(=O)Nc2ccccc2C(=O)NC(C)c2ccccc2)c2c(C)nn(C)c2n1. The smallest absolute Gasteiger partial charge is 0.256 e. The zero-order valence-electron chi connectivity index (χ0n) is 18.5. The van der Waals surface area contributed by atoms with Crippen molar-refractivity contribution in [3.63, 3.8) is 0 Å². The van der Waals surface area contributed by atoms with Crippen LogP contribution in [0.1, 0.15) is 50.6 Å². The Morgan fingerprint density at radius 2 is 1.62 bits per heavy atom. The molecular weight excluding hydrogens is 402 g/mol. The van der Waals surface area contributed by atoms with E-state index in [4.69, 9.17) is 0 Å². The first-order valence-corrected chi connectivity index (χ1v) is 10.4. The van der Waals surface area contributed by atoms with Gasteiger partial charge in [0, 0.05) is 12.7 Å². The molecule has 0 radical (unpaired) electrons. The van der Waals surface area contributed by atoms with Crippen LogP contribution in [-0.4, -0.2) is 26.6 Å². The zero-order chi connectivity index (χ0) is 22.8. The minimum atomic E-state index is -0.312. The first kappa shape index (κ1) is 21.2. The number of aromatic nitrogens is 3. The normalized spacial score (nSPS) is 11.9. The van der Waals surface area contributed by atoms with Gasteiger partial charge in [-0.2, -0.15) is 5.10 Å². The Kier molecular flexibility index (Phi) is 5.73. The standard InChI is InChI=1S/C25H25N5O2/c1-15-14-20(22-17(3)29-30(4)23(22)26-15)25(32)28-21-13-9-8-12-19(21)24(31)27-16(2)18-10-6-5-7-11-18/h5-14,16H,1-4H3,(H,27,31)(H,28,32). The van der Waals surface area contributed by atoms with Gasteiger partial charge >= 0.3 is 0 Å². The third-order valence-electron chi connectivity index (χ3n) is 5.41. The molecule has 0 saturated carbocycles. The molecule has 0 aliphatic heterocycles. The lowest BCUT2D eigenvalue weighted by Crippen LogP contribution is -2.28. The van der Waals surface area contributed by atoms with Gasteiger partial charge in [0.05, 0.1) is 33.9 Å². The highest BCUT2D eigenvalue weighted by atomic mass is 16.2. The highest BCUT2D eigenvalue weighted by molar-refractivity contribution is 6.14. The number of carbonyl (C=O) groups excluding carboxylic acids is 2. The molecule has 0 fully saturated rings. The quantitative estimate of drug-likeness (QED) is 0.496. The van der Waals surface area contributed by atoms with Crippen LogP contribution in [0.5, 0.6) is 0 Å². The van der Waals surface area contributed by atoms with Crippen LogP contribution >= 0.6 is 0 Å². The number of aryl methyl sites for hydroxylation is 3. The number of amides is 2. The van der Waals surface area contributed by atoms with Gasteiger partial charge in [-0.1, -0.05) is 42.5 Å². The van der Waals surface area contributed by atoms with Crippen LogP contribution in [-0.2, 0) is 7.05 Å². The van der Waals surface area contributed by atoms with Crippen LogP contribution in [0.25, 0.3) is 11.0 Å². The lowest BCUT2D eigenvalue weighted by molar-refractivity contribution is 0.0940. The number of anilines is 1. The molecule has 2 amide bonds. The van der Waals surface area contributed by atoms with Crippen molar-refractivity contribution in [3.8, 4) is 0 Å². The molecule has 7 nitrogen and oxygen atoms in total. The van der Waals surface area contributed by atoms with Gasteiger partial charge in [0.1, 0.15) is 0 Å². The minimum absolute atomic E-state index is 0.173. The maximum atomic E-state index is 13.3. The molecule has 4 rings (SSSR count). The van der Waals surface area contributed by atoms with Crippen molar-refractivity contribution in [3.05, 3.63) is 88.7 Å². The Morgan fingerprint density at radius 3 is 2.38 bits per heavy atom. The number of fused-ring (bicyclic) bond motifs is 1. The molecular formula is C25H25N5O2. The van der Waals surface area contributed by atoms with Crippen LogP contribution in [0.4, 0.5) is 5.69 Å². The fourth-order valence-corrected chi connectivity index (χ4v) is 3.83. The van der Waals surface area contributed by atoms with Crippen molar-refractivity contribution < 1.29 is 9.59 Å². The van der Waals surface area contributed by atoms with Crippen LogP contribution in [0.15, 0.2) is 60.7 Å². The summed E-state index contributed by atoms with van der Waals surface area (Å²) in [6.45, 7) is 5.61. The molecule has 32 heavy (non-hydrogen) atoms. The molecule has 1 unspecified atom stereocenters. The van der Waals surface area contributed by atoms with E-state index in [0.717, 1.165) is 11.3 Å². The monoisotopic (exact) mass is 427 g/mol. The van der Waals surface area contributed by atoms with Crippen molar-refractivity contribution in [1.82, 2.24) is 20.1 Å². The van der Waals surface area contributed by atoms with E-state index >= 15 is 0 Å². The van der Waals surface area contributed by atoms with E-state index in [2.05, 4.69) is 20.7 Å². The number of para-hydroxylation sites is 1. The molecule has 7 heteroatoms. The van der Waals surface area contributed by atoms with Gasteiger partial charge in [-0.3, -0.25) is 14.3 Å². The van der Waals surface area contributed by atoms with Gasteiger partial charge in [0.2, 0.25) is 0 Å². The predicted octanol–water partition coefficient (Wildman–Crippen LogP) is 4.33. The van der Waals surface area contributed by atoms with Crippen LogP contribution in [0.2, 0.25) is 0 Å². The molecule has 2 heterocycles. The van der Waals surface area contributed by atoms with E-state index in [1.165, 1.54) is 0 Å². The number of pyridine rings is 1. The molecule has 2 N–H and O–H groups in total. The Bertz CT molecular complexity index is 1310. The largest absolute Gasteiger partial charge is 0.345 e. The third-order valence-corrected chi connectivity index (χ3v) is 5.41. The lowest BCUT2D eigenvalue weighted by Gasteiger charge is -2.16. The summed E-state index contributed by atoms with van der Waals surface area (Å²) in [7, 11) is 1.80. The van der Waals surface area contributed by atoms with Crippen LogP contribution in [0.3, 0.4) is 0 Å². The van der Waals surface area contributed by atoms with Crippen molar-refractivity contribution in [2.24, 2.45) is 7.05 Å². The average molecular weight is 428 g/mol. The molecule has 2 aromatic carbocycles. The van der Waals surface area contributed by atoms with Gasteiger partial charge in [0.15, 0.2) is 5.65 Å². The molecule has 162 valence electrons. The molecule has 0 aliphatic rings. The number of rotatable bonds is 5. The molecule has 2 aromatic heterocycles. The Labute approximate surface area is 186 Å². The summed E-state index contributed by atoms with van der Waals surface area (Å²) < 4.78 is 1.67. The Hall–Kier alpha value is -4.00.